The molecule has 1 fully saturated rings. The van der Waals surface area contributed by atoms with Crippen LogP contribution in [0.4, 0.5) is 10.1 Å². The highest BCUT2D eigenvalue weighted by molar-refractivity contribution is 5.85. The molecule has 1 heterocycles. The van der Waals surface area contributed by atoms with Crippen LogP contribution in [0.1, 0.15) is 6.92 Å². The molecule has 1 aliphatic rings. The predicted molar refractivity (Wildman–Crippen MR) is 63.3 cm³/mol. The average Bonchev–Trinajstić information content (AvgIpc) is 2.20. The van der Waals surface area contributed by atoms with Gasteiger partial charge >= 0.3 is 0 Å². The van der Waals surface area contributed by atoms with Crippen LogP contribution >= 0.6 is 12.4 Å². The molecule has 1 aromatic carbocycles. The van der Waals surface area contributed by atoms with Crippen molar-refractivity contribution in [3.8, 4) is 0 Å². The summed E-state index contributed by atoms with van der Waals surface area (Å²) in [4.78, 5) is 2.30. The number of nitrogens with one attached hydrogen (secondary N) is 1. The minimum absolute atomic E-state index is 0. The summed E-state index contributed by atoms with van der Waals surface area (Å²) in [6.45, 7) is 5.17. The summed E-state index contributed by atoms with van der Waals surface area (Å²) in [7, 11) is 0. The molecule has 2 nitrogen and oxygen atoms in total. The van der Waals surface area contributed by atoms with Gasteiger partial charge in [-0.15, -0.1) is 12.4 Å². The van der Waals surface area contributed by atoms with Crippen molar-refractivity contribution in [2.45, 2.75) is 13.0 Å². The van der Waals surface area contributed by atoms with Crippen LogP contribution in [0.2, 0.25) is 0 Å². The molecule has 0 bridgehead atoms. The molecule has 1 unspecified atom stereocenters. The Morgan fingerprint density at radius 1 is 1.33 bits per heavy atom. The van der Waals surface area contributed by atoms with Crippen molar-refractivity contribution in [2.24, 2.45) is 0 Å². The summed E-state index contributed by atoms with van der Waals surface area (Å²) >= 11 is 0. The highest BCUT2D eigenvalue weighted by atomic mass is 35.5. The van der Waals surface area contributed by atoms with Gasteiger partial charge in [-0.05, 0) is 31.2 Å². The fraction of sp³-hybridized carbons (Fsp3) is 0.455. The second kappa shape index (κ2) is 5.33. The van der Waals surface area contributed by atoms with Crippen LogP contribution in [-0.2, 0) is 0 Å². The molecule has 0 amide bonds. The van der Waals surface area contributed by atoms with Gasteiger partial charge in [0.15, 0.2) is 0 Å². The average molecular weight is 231 g/mol. The highest BCUT2D eigenvalue weighted by Crippen LogP contribution is 2.18. The molecule has 0 spiro atoms. The third-order valence-corrected chi connectivity index (χ3v) is 2.66. The topological polar surface area (TPSA) is 15.3 Å². The molecule has 2 rings (SSSR count). The van der Waals surface area contributed by atoms with E-state index in [0.717, 1.165) is 25.3 Å². The minimum Gasteiger partial charge on any atom is -0.366 e. The summed E-state index contributed by atoms with van der Waals surface area (Å²) in [5, 5.41) is 3.33. The van der Waals surface area contributed by atoms with Gasteiger partial charge in [0, 0.05) is 31.4 Å². The normalized spacial score (nSPS) is 20.9. The molecule has 0 radical (unpaired) electrons. The van der Waals surface area contributed by atoms with Gasteiger partial charge in [-0.2, -0.15) is 0 Å². The van der Waals surface area contributed by atoms with Gasteiger partial charge in [-0.25, -0.2) is 4.39 Å². The van der Waals surface area contributed by atoms with Crippen molar-refractivity contribution in [2.75, 3.05) is 24.5 Å². The molecule has 0 saturated carbocycles. The zero-order valence-electron chi connectivity index (χ0n) is 8.74. The van der Waals surface area contributed by atoms with Gasteiger partial charge < -0.3 is 10.2 Å². The Labute approximate surface area is 95.9 Å². The Balaban J connectivity index is 0.00000112. The fourth-order valence-corrected chi connectivity index (χ4v) is 1.86. The van der Waals surface area contributed by atoms with E-state index < -0.39 is 0 Å². The van der Waals surface area contributed by atoms with E-state index in [4.69, 9.17) is 0 Å². The van der Waals surface area contributed by atoms with Crippen LogP contribution in [0.15, 0.2) is 24.3 Å². The number of piperazine rings is 1. The molecule has 1 atom stereocenters. The maximum Gasteiger partial charge on any atom is 0.123 e. The van der Waals surface area contributed by atoms with Crippen molar-refractivity contribution in [1.82, 2.24) is 5.32 Å². The largest absolute Gasteiger partial charge is 0.366 e. The zero-order chi connectivity index (χ0) is 9.97. The van der Waals surface area contributed by atoms with Crippen LogP contribution in [0.25, 0.3) is 0 Å². The van der Waals surface area contributed by atoms with E-state index in [0.29, 0.717) is 6.04 Å². The maximum absolute atomic E-state index is 12.7. The first kappa shape index (κ1) is 12.3. The highest BCUT2D eigenvalue weighted by Gasteiger charge is 2.17. The van der Waals surface area contributed by atoms with Gasteiger partial charge in [0.05, 0.1) is 0 Å². The zero-order valence-corrected chi connectivity index (χ0v) is 9.56. The second-order valence-corrected chi connectivity index (χ2v) is 3.72. The van der Waals surface area contributed by atoms with E-state index in [1.165, 1.54) is 12.1 Å². The fourth-order valence-electron chi connectivity index (χ4n) is 1.86. The Morgan fingerprint density at radius 2 is 2.00 bits per heavy atom. The van der Waals surface area contributed by atoms with Crippen LogP contribution in [-0.4, -0.2) is 25.7 Å². The Bertz CT molecular complexity index is 302. The minimum atomic E-state index is -0.170. The lowest BCUT2D eigenvalue weighted by atomic mass is 10.2. The molecule has 0 aromatic heterocycles. The van der Waals surface area contributed by atoms with E-state index in [9.17, 15) is 4.39 Å². The van der Waals surface area contributed by atoms with Crippen molar-refractivity contribution in [3.05, 3.63) is 30.1 Å². The molecule has 1 saturated heterocycles. The first-order chi connectivity index (χ1) is 6.77. The lowest BCUT2D eigenvalue weighted by Crippen LogP contribution is -2.49. The molecule has 1 N–H and O–H groups in total. The van der Waals surface area contributed by atoms with Crippen LogP contribution in [0.3, 0.4) is 0 Å². The monoisotopic (exact) mass is 230 g/mol. The molecule has 4 heteroatoms. The summed E-state index contributed by atoms with van der Waals surface area (Å²) in [5.41, 5.74) is 1.11. The van der Waals surface area contributed by atoms with Crippen LogP contribution < -0.4 is 10.2 Å². The SMILES string of the molecule is CC1CNCCN1c1ccc(F)cc1.Cl. The lowest BCUT2D eigenvalue weighted by molar-refractivity contribution is 0.500. The van der Waals surface area contributed by atoms with Gasteiger partial charge in [0.25, 0.3) is 0 Å². The van der Waals surface area contributed by atoms with E-state index in [1.54, 1.807) is 0 Å². The van der Waals surface area contributed by atoms with Crippen LogP contribution in [0, 0.1) is 5.82 Å². The third kappa shape index (κ3) is 2.83. The summed E-state index contributed by atoms with van der Waals surface area (Å²) in [5.74, 6) is -0.170. The van der Waals surface area contributed by atoms with Crippen molar-refractivity contribution in [3.63, 3.8) is 0 Å². The van der Waals surface area contributed by atoms with Crippen molar-refractivity contribution >= 4 is 18.1 Å². The number of hydrogen-bond donors (Lipinski definition) is 1. The van der Waals surface area contributed by atoms with E-state index >= 15 is 0 Å². The Morgan fingerprint density at radius 3 is 2.60 bits per heavy atom. The maximum atomic E-state index is 12.7. The molecule has 1 aromatic rings. The molecular weight excluding hydrogens is 215 g/mol. The number of nitrogens with zero attached hydrogens (tertiary/aromatic N) is 1. The molecule has 15 heavy (non-hydrogen) atoms. The number of halogens is 2. The number of rotatable bonds is 1. The summed E-state index contributed by atoms with van der Waals surface area (Å²) < 4.78 is 12.7. The van der Waals surface area contributed by atoms with Crippen molar-refractivity contribution < 1.29 is 4.39 Å². The van der Waals surface area contributed by atoms with E-state index in [1.807, 2.05) is 12.1 Å². The summed E-state index contributed by atoms with van der Waals surface area (Å²) in [6, 6.07) is 7.21. The lowest BCUT2D eigenvalue weighted by Gasteiger charge is -2.35. The number of benzene rings is 1. The first-order valence-corrected chi connectivity index (χ1v) is 5.00. The van der Waals surface area contributed by atoms with Crippen LogP contribution in [0.5, 0.6) is 0 Å². The smallest absolute Gasteiger partial charge is 0.123 e. The first-order valence-electron chi connectivity index (χ1n) is 5.00. The molecule has 0 aliphatic carbocycles. The standard InChI is InChI=1S/C11H15FN2.ClH/c1-9-8-13-6-7-14(9)11-4-2-10(12)3-5-11;/h2-5,9,13H,6-8H2,1H3;1H. The van der Waals surface area contributed by atoms with Gasteiger partial charge in [-0.1, -0.05) is 0 Å². The second-order valence-electron chi connectivity index (χ2n) is 3.72. The summed E-state index contributed by atoms with van der Waals surface area (Å²) in [6.07, 6.45) is 0. The van der Waals surface area contributed by atoms with E-state index in [2.05, 4.69) is 17.1 Å². The van der Waals surface area contributed by atoms with Crippen molar-refractivity contribution in [1.29, 1.82) is 0 Å². The molecular formula is C11H16ClFN2. The predicted octanol–water partition coefficient (Wildman–Crippen LogP) is 2.05. The quantitative estimate of drug-likeness (QED) is 0.795. The Kier molecular flexibility index (Phi) is 4.36. The van der Waals surface area contributed by atoms with Gasteiger partial charge in [0.1, 0.15) is 5.82 Å². The van der Waals surface area contributed by atoms with Gasteiger partial charge in [-0.3, -0.25) is 0 Å². The molecule has 84 valence electrons. The van der Waals surface area contributed by atoms with Gasteiger partial charge in [0.2, 0.25) is 0 Å². The number of hydrogen-bond acceptors (Lipinski definition) is 2. The third-order valence-electron chi connectivity index (χ3n) is 2.66. The number of anilines is 1. The van der Waals surface area contributed by atoms with E-state index in [-0.39, 0.29) is 18.2 Å². The molecule has 1 aliphatic heterocycles. The Hall–Kier alpha value is -0.800.